The Balaban J connectivity index is 2.32. The molecular formula is C8H10F2N2O3. The summed E-state index contributed by atoms with van der Waals surface area (Å²) < 4.78 is 26.8. The fourth-order valence-electron chi connectivity index (χ4n) is 2.37. The van der Waals surface area contributed by atoms with Gasteiger partial charge in [-0.3, -0.25) is 4.90 Å². The van der Waals surface area contributed by atoms with Crippen LogP contribution in [0.5, 0.6) is 0 Å². The van der Waals surface area contributed by atoms with Crippen molar-refractivity contribution < 1.29 is 23.9 Å². The molecule has 2 rings (SSSR count). The van der Waals surface area contributed by atoms with Crippen LogP contribution < -0.4 is 0 Å². The number of piperidine rings is 1. The van der Waals surface area contributed by atoms with Crippen LogP contribution in [0.15, 0.2) is 5.16 Å². The highest BCUT2D eigenvalue weighted by Crippen LogP contribution is 2.44. The Hall–Kier alpha value is -1.40. The van der Waals surface area contributed by atoms with Crippen LogP contribution in [0.2, 0.25) is 0 Å². The van der Waals surface area contributed by atoms with Gasteiger partial charge in [0.1, 0.15) is 6.04 Å². The molecule has 2 atom stereocenters. The monoisotopic (exact) mass is 220 g/mol. The van der Waals surface area contributed by atoms with Gasteiger partial charge in [-0.2, -0.15) is 0 Å². The van der Waals surface area contributed by atoms with E-state index in [9.17, 15) is 13.6 Å². The topological polar surface area (TPSA) is 73.1 Å². The third-order valence-corrected chi connectivity index (χ3v) is 2.99. The number of hydrogen-bond donors (Lipinski definition) is 2. The summed E-state index contributed by atoms with van der Waals surface area (Å²) in [5, 5.41) is 20.2. The average molecular weight is 220 g/mol. The van der Waals surface area contributed by atoms with Gasteiger partial charge < -0.3 is 10.3 Å². The zero-order chi connectivity index (χ0) is 11.2. The van der Waals surface area contributed by atoms with Crippen LogP contribution in [0.1, 0.15) is 19.3 Å². The molecular weight excluding hydrogens is 210 g/mol. The smallest absolute Gasteiger partial charge is 0.408 e. The third kappa shape index (κ3) is 1.42. The lowest BCUT2D eigenvalue weighted by molar-refractivity contribution is -0.0277. The van der Waals surface area contributed by atoms with E-state index in [1.54, 1.807) is 0 Å². The van der Waals surface area contributed by atoms with E-state index >= 15 is 0 Å². The van der Waals surface area contributed by atoms with Crippen LogP contribution in [0.3, 0.4) is 0 Å². The molecule has 2 fully saturated rings. The van der Waals surface area contributed by atoms with Gasteiger partial charge in [-0.05, 0) is 0 Å². The summed E-state index contributed by atoms with van der Waals surface area (Å²) in [5.74, 6) is -3.02. The molecule has 2 saturated heterocycles. The fourth-order valence-corrected chi connectivity index (χ4v) is 2.37. The van der Waals surface area contributed by atoms with Crippen molar-refractivity contribution in [3.05, 3.63) is 0 Å². The fraction of sp³-hybridized carbons (Fsp3) is 0.750. The Morgan fingerprint density at radius 2 is 2.20 bits per heavy atom. The van der Waals surface area contributed by atoms with Gasteiger partial charge in [-0.15, -0.1) is 0 Å². The van der Waals surface area contributed by atoms with Crippen molar-refractivity contribution in [2.24, 2.45) is 5.16 Å². The Kier molecular flexibility index (Phi) is 2.06. The molecule has 2 aliphatic rings. The lowest BCUT2D eigenvalue weighted by Gasteiger charge is -2.32. The third-order valence-electron chi connectivity index (χ3n) is 2.99. The summed E-state index contributed by atoms with van der Waals surface area (Å²) in [5.41, 5.74) is 0.250. The van der Waals surface area contributed by atoms with Gasteiger partial charge in [-0.1, -0.05) is 5.16 Å². The lowest BCUT2D eigenvalue weighted by atomic mass is 10.0. The highest BCUT2D eigenvalue weighted by atomic mass is 19.3. The quantitative estimate of drug-likeness (QED) is 0.478. The second-order valence-electron chi connectivity index (χ2n) is 3.90. The second-order valence-corrected chi connectivity index (χ2v) is 3.90. The van der Waals surface area contributed by atoms with Gasteiger partial charge in [0.15, 0.2) is 0 Å². The molecule has 5 nitrogen and oxygen atoms in total. The van der Waals surface area contributed by atoms with Crippen LogP contribution in [0, 0.1) is 0 Å². The summed E-state index contributed by atoms with van der Waals surface area (Å²) in [4.78, 5) is 11.6. The first-order valence-corrected chi connectivity index (χ1v) is 4.54. The maximum Gasteiger partial charge on any atom is 0.408 e. The molecule has 0 aromatic rings. The molecule has 0 aromatic heterocycles. The highest BCUT2D eigenvalue weighted by Gasteiger charge is 2.58. The number of amides is 1. The molecule has 15 heavy (non-hydrogen) atoms. The van der Waals surface area contributed by atoms with Gasteiger partial charge in [0.25, 0.3) is 5.92 Å². The largest absolute Gasteiger partial charge is 0.465 e. The summed E-state index contributed by atoms with van der Waals surface area (Å²) >= 11 is 0. The molecule has 0 unspecified atom stereocenters. The van der Waals surface area contributed by atoms with E-state index in [4.69, 9.17) is 10.3 Å². The van der Waals surface area contributed by atoms with E-state index in [0.717, 1.165) is 4.90 Å². The molecule has 0 aromatic carbocycles. The summed E-state index contributed by atoms with van der Waals surface area (Å²) in [6.45, 7) is 0. The number of hydrogen-bond acceptors (Lipinski definition) is 3. The lowest BCUT2D eigenvalue weighted by Crippen LogP contribution is -2.49. The van der Waals surface area contributed by atoms with Gasteiger partial charge in [0.05, 0.1) is 5.71 Å². The van der Waals surface area contributed by atoms with Crippen molar-refractivity contribution >= 4 is 11.8 Å². The maximum absolute atomic E-state index is 13.4. The van der Waals surface area contributed by atoms with Gasteiger partial charge >= 0.3 is 6.09 Å². The Morgan fingerprint density at radius 3 is 2.67 bits per heavy atom. The van der Waals surface area contributed by atoms with E-state index in [1.807, 2.05) is 0 Å². The van der Waals surface area contributed by atoms with Crippen LogP contribution >= 0.6 is 0 Å². The standard InChI is InChI=1S/C8H10F2N2O3/c9-8(10)3-5-1-4(11-15)2-6(8)12(5)7(13)14/h5-6,15H,1-3H2,(H,13,14)/t5-,6+/m0/s1. The van der Waals surface area contributed by atoms with Crippen molar-refractivity contribution in [3.63, 3.8) is 0 Å². The van der Waals surface area contributed by atoms with Crippen molar-refractivity contribution in [1.82, 2.24) is 4.90 Å². The SMILES string of the molecule is O=C(O)N1[C@H]2CC(=NO)C[C@@H]1C(F)(F)C2. The molecule has 1 amide bonds. The van der Waals surface area contributed by atoms with Crippen molar-refractivity contribution in [2.45, 2.75) is 37.3 Å². The number of carboxylic acid groups (broad SMARTS) is 1. The minimum absolute atomic E-state index is 0.0922. The minimum Gasteiger partial charge on any atom is -0.465 e. The molecule has 2 heterocycles. The zero-order valence-corrected chi connectivity index (χ0v) is 7.73. The van der Waals surface area contributed by atoms with E-state index in [1.165, 1.54) is 0 Å². The van der Waals surface area contributed by atoms with Gasteiger partial charge in [0.2, 0.25) is 0 Å². The molecule has 84 valence electrons. The molecule has 0 saturated carbocycles. The molecule has 2 aliphatic heterocycles. The number of halogens is 2. The molecule has 0 radical (unpaired) electrons. The molecule has 2 N–H and O–H groups in total. The molecule has 2 bridgehead atoms. The van der Waals surface area contributed by atoms with E-state index in [2.05, 4.69) is 5.16 Å². The van der Waals surface area contributed by atoms with Crippen molar-refractivity contribution in [1.29, 1.82) is 0 Å². The van der Waals surface area contributed by atoms with Crippen LogP contribution in [0.25, 0.3) is 0 Å². The van der Waals surface area contributed by atoms with Gasteiger partial charge in [-0.25, -0.2) is 13.6 Å². The normalized spacial score (nSPS) is 35.9. The average Bonchev–Trinajstić information content (AvgIpc) is 2.30. The number of oxime groups is 1. The van der Waals surface area contributed by atoms with Crippen LogP contribution in [0.4, 0.5) is 13.6 Å². The second kappa shape index (κ2) is 3.04. The molecule has 0 spiro atoms. The predicted molar refractivity (Wildman–Crippen MR) is 45.5 cm³/mol. The first-order valence-electron chi connectivity index (χ1n) is 4.54. The first-order chi connectivity index (χ1) is 6.95. The summed E-state index contributed by atoms with van der Waals surface area (Å²) in [6, 6.07) is -2.14. The minimum atomic E-state index is -3.02. The number of carbonyl (C=O) groups is 1. The molecule has 0 aliphatic carbocycles. The Labute approximate surface area is 84.0 Å². The number of rotatable bonds is 0. The first kappa shape index (κ1) is 10.1. The van der Waals surface area contributed by atoms with Crippen molar-refractivity contribution in [2.75, 3.05) is 0 Å². The zero-order valence-electron chi connectivity index (χ0n) is 7.73. The van der Waals surface area contributed by atoms with Crippen LogP contribution in [-0.2, 0) is 0 Å². The highest BCUT2D eigenvalue weighted by molar-refractivity contribution is 5.88. The predicted octanol–water partition coefficient (Wildman–Crippen LogP) is 1.37. The maximum atomic E-state index is 13.4. The molecule has 7 heteroatoms. The van der Waals surface area contributed by atoms with Crippen LogP contribution in [-0.4, -0.2) is 45.0 Å². The number of nitrogens with zero attached hydrogens (tertiary/aromatic N) is 2. The Bertz CT molecular complexity index is 332. The van der Waals surface area contributed by atoms with E-state index in [0.29, 0.717) is 0 Å². The van der Waals surface area contributed by atoms with E-state index < -0.39 is 30.5 Å². The van der Waals surface area contributed by atoms with E-state index in [-0.39, 0.29) is 18.6 Å². The Morgan fingerprint density at radius 1 is 1.53 bits per heavy atom. The van der Waals surface area contributed by atoms with Crippen molar-refractivity contribution in [3.8, 4) is 0 Å². The number of fused-ring (bicyclic) bond motifs is 2. The van der Waals surface area contributed by atoms with Gasteiger partial charge in [0, 0.05) is 25.3 Å². The summed E-state index contributed by atoms with van der Waals surface area (Å²) in [7, 11) is 0. The number of alkyl halides is 2. The summed E-state index contributed by atoms with van der Waals surface area (Å²) in [6.07, 6.45) is -1.91.